The molecule has 0 aromatic heterocycles. The zero-order valence-electron chi connectivity index (χ0n) is 15.1. The Bertz CT molecular complexity index is 898. The fourth-order valence-corrected chi connectivity index (χ4v) is 3.38. The first-order valence-corrected chi connectivity index (χ1v) is 9.00. The van der Waals surface area contributed by atoms with Crippen molar-refractivity contribution in [1.29, 1.82) is 0 Å². The van der Waals surface area contributed by atoms with Gasteiger partial charge in [-0.1, -0.05) is 6.07 Å². The summed E-state index contributed by atoms with van der Waals surface area (Å²) in [5, 5.41) is 9.76. The smallest absolute Gasteiger partial charge is 0.255 e. The van der Waals surface area contributed by atoms with Crippen LogP contribution in [0.5, 0.6) is 11.5 Å². The van der Waals surface area contributed by atoms with Crippen LogP contribution in [0.1, 0.15) is 50.3 Å². The van der Waals surface area contributed by atoms with Crippen LogP contribution in [0, 0.1) is 5.82 Å². The van der Waals surface area contributed by atoms with Gasteiger partial charge in [0.15, 0.2) is 12.6 Å². The summed E-state index contributed by atoms with van der Waals surface area (Å²) in [6, 6.07) is 7.70. The number of hydrogen-bond acceptors (Lipinski definition) is 5. The van der Waals surface area contributed by atoms with Crippen LogP contribution in [0.15, 0.2) is 36.4 Å². The van der Waals surface area contributed by atoms with Crippen molar-refractivity contribution in [3.8, 4) is 11.5 Å². The zero-order valence-corrected chi connectivity index (χ0v) is 15.1. The number of rotatable bonds is 6. The van der Waals surface area contributed by atoms with E-state index >= 15 is 0 Å². The molecule has 1 saturated heterocycles. The van der Waals surface area contributed by atoms with Gasteiger partial charge in [0, 0.05) is 12.1 Å². The van der Waals surface area contributed by atoms with E-state index in [2.05, 4.69) is 0 Å². The van der Waals surface area contributed by atoms with E-state index in [1.807, 2.05) is 0 Å². The molecule has 7 heteroatoms. The summed E-state index contributed by atoms with van der Waals surface area (Å²) in [6.45, 7) is 0.573. The molecule has 1 unspecified atom stereocenters. The van der Waals surface area contributed by atoms with Crippen LogP contribution in [0.2, 0.25) is 0 Å². The summed E-state index contributed by atoms with van der Waals surface area (Å²) in [5.74, 6) is -0.970. The molecule has 0 aliphatic carbocycles. The number of aldehydes is 2. The maximum absolute atomic E-state index is 13.6. The van der Waals surface area contributed by atoms with Crippen LogP contribution >= 0.6 is 0 Å². The lowest BCUT2D eigenvalue weighted by molar-refractivity contribution is 0.0524. The van der Waals surface area contributed by atoms with Gasteiger partial charge in [0.05, 0.1) is 17.2 Å². The number of benzene rings is 2. The van der Waals surface area contributed by atoms with Crippen LogP contribution in [-0.4, -0.2) is 47.7 Å². The molecule has 0 saturated carbocycles. The van der Waals surface area contributed by atoms with E-state index in [0.717, 1.165) is 25.0 Å². The van der Waals surface area contributed by atoms with E-state index in [-0.39, 0.29) is 40.8 Å². The molecule has 1 aliphatic heterocycles. The highest BCUT2D eigenvalue weighted by Crippen LogP contribution is 2.27. The van der Waals surface area contributed by atoms with Gasteiger partial charge >= 0.3 is 0 Å². The van der Waals surface area contributed by atoms with Gasteiger partial charge in [-0.25, -0.2) is 4.39 Å². The quantitative estimate of drug-likeness (QED) is 0.772. The summed E-state index contributed by atoms with van der Waals surface area (Å²) in [6.07, 6.45) is 3.40. The van der Waals surface area contributed by atoms with Crippen LogP contribution in [-0.2, 0) is 0 Å². The lowest BCUT2D eigenvalue weighted by Crippen LogP contribution is -2.47. The normalized spacial score (nSPS) is 16.5. The number of carbonyl (C=O) groups excluding carboxylic acids is 3. The van der Waals surface area contributed by atoms with E-state index in [4.69, 9.17) is 4.74 Å². The third-order valence-corrected chi connectivity index (χ3v) is 4.85. The summed E-state index contributed by atoms with van der Waals surface area (Å²) < 4.78 is 19.3. The first kappa shape index (κ1) is 19.5. The van der Waals surface area contributed by atoms with Gasteiger partial charge in [-0.2, -0.15) is 0 Å². The number of likely N-dealkylation sites (tertiary alicyclic amines) is 1. The van der Waals surface area contributed by atoms with Gasteiger partial charge in [-0.05, 0) is 49.6 Å². The Kier molecular flexibility index (Phi) is 6.03. The number of aromatic hydroxyl groups is 1. The van der Waals surface area contributed by atoms with Crippen molar-refractivity contribution in [2.24, 2.45) is 0 Å². The lowest BCUT2D eigenvalue weighted by atomic mass is 9.99. The van der Waals surface area contributed by atoms with Crippen molar-refractivity contribution in [1.82, 2.24) is 4.90 Å². The summed E-state index contributed by atoms with van der Waals surface area (Å²) in [4.78, 5) is 37.0. The Balaban J connectivity index is 1.81. The number of nitrogens with zero attached hydrogens (tertiary/aromatic N) is 1. The number of amides is 1. The predicted molar refractivity (Wildman–Crippen MR) is 99.5 cm³/mol. The Morgan fingerprint density at radius 1 is 1.21 bits per heavy atom. The number of phenolic OH excluding ortho intramolecular Hbond substituents is 1. The molecule has 28 heavy (non-hydrogen) atoms. The van der Waals surface area contributed by atoms with Gasteiger partial charge in [0.2, 0.25) is 0 Å². The van der Waals surface area contributed by atoms with Crippen molar-refractivity contribution in [2.45, 2.75) is 25.3 Å². The molecule has 6 nitrogen and oxygen atoms in total. The van der Waals surface area contributed by atoms with Gasteiger partial charge in [0.25, 0.3) is 5.91 Å². The summed E-state index contributed by atoms with van der Waals surface area (Å²) in [7, 11) is 0. The van der Waals surface area contributed by atoms with Crippen LogP contribution in [0.3, 0.4) is 0 Å². The molecule has 1 atom stereocenters. The standard InChI is InChI=1S/C21H20FNO5/c22-15-8-7-14(11-24)17(10-15)21(27)23-9-2-1-4-16(23)13-28-20-6-3-5-19(26)18(20)12-25/h3,5-8,10-12,16,26H,1-2,4,9,13H2. The maximum atomic E-state index is 13.6. The molecule has 0 radical (unpaired) electrons. The second-order valence-electron chi connectivity index (χ2n) is 6.62. The van der Waals surface area contributed by atoms with Crippen LogP contribution < -0.4 is 4.74 Å². The first-order chi connectivity index (χ1) is 13.5. The van der Waals surface area contributed by atoms with Gasteiger partial charge in [-0.3, -0.25) is 14.4 Å². The minimum Gasteiger partial charge on any atom is -0.507 e. The molecule has 146 valence electrons. The molecule has 3 rings (SSSR count). The molecule has 1 heterocycles. The Labute approximate surface area is 161 Å². The largest absolute Gasteiger partial charge is 0.507 e. The van der Waals surface area contributed by atoms with Crippen LogP contribution in [0.25, 0.3) is 0 Å². The molecule has 1 fully saturated rings. The number of phenols is 1. The number of ether oxygens (including phenoxy) is 1. The second kappa shape index (κ2) is 8.65. The average Bonchev–Trinajstić information content (AvgIpc) is 2.72. The minimum atomic E-state index is -0.589. The minimum absolute atomic E-state index is 0.0211. The highest BCUT2D eigenvalue weighted by molar-refractivity contribution is 6.01. The van der Waals surface area contributed by atoms with Crippen molar-refractivity contribution in [3.63, 3.8) is 0 Å². The molecule has 0 spiro atoms. The van der Waals surface area contributed by atoms with E-state index in [9.17, 15) is 23.9 Å². The van der Waals surface area contributed by atoms with Gasteiger partial charge in [-0.15, -0.1) is 0 Å². The molecular weight excluding hydrogens is 365 g/mol. The van der Waals surface area contributed by atoms with Crippen molar-refractivity contribution < 1.29 is 28.6 Å². The fraction of sp³-hybridized carbons (Fsp3) is 0.286. The molecule has 1 N–H and O–H groups in total. The van der Waals surface area contributed by atoms with Gasteiger partial charge < -0.3 is 14.7 Å². The topological polar surface area (TPSA) is 83.9 Å². The summed E-state index contributed by atoms with van der Waals surface area (Å²) in [5.41, 5.74) is 0.199. The molecule has 1 amide bonds. The average molecular weight is 385 g/mol. The van der Waals surface area contributed by atoms with Gasteiger partial charge in [0.1, 0.15) is 23.9 Å². The Hall–Kier alpha value is -3.22. The van der Waals surface area contributed by atoms with E-state index in [1.54, 1.807) is 17.0 Å². The molecular formula is C21H20FNO5. The number of halogens is 1. The highest BCUT2D eigenvalue weighted by atomic mass is 19.1. The second-order valence-corrected chi connectivity index (χ2v) is 6.62. The third kappa shape index (κ3) is 4.03. The van der Waals surface area contributed by atoms with Crippen molar-refractivity contribution in [2.75, 3.05) is 13.2 Å². The predicted octanol–water partition coefficient (Wildman–Crippen LogP) is 3.23. The number of hydrogen-bond donors (Lipinski definition) is 1. The Morgan fingerprint density at radius 3 is 2.79 bits per heavy atom. The molecule has 2 aromatic carbocycles. The van der Waals surface area contributed by atoms with Crippen molar-refractivity contribution >= 4 is 18.5 Å². The number of piperidine rings is 1. The molecule has 1 aliphatic rings. The van der Waals surface area contributed by atoms with Crippen molar-refractivity contribution in [3.05, 3.63) is 58.9 Å². The zero-order chi connectivity index (χ0) is 20.1. The van der Waals surface area contributed by atoms with E-state index < -0.39 is 11.7 Å². The fourth-order valence-electron chi connectivity index (χ4n) is 3.38. The Morgan fingerprint density at radius 2 is 2.04 bits per heavy atom. The maximum Gasteiger partial charge on any atom is 0.255 e. The third-order valence-electron chi connectivity index (χ3n) is 4.85. The van der Waals surface area contributed by atoms with E-state index in [0.29, 0.717) is 25.5 Å². The van der Waals surface area contributed by atoms with E-state index in [1.165, 1.54) is 12.1 Å². The summed E-state index contributed by atoms with van der Waals surface area (Å²) >= 11 is 0. The lowest BCUT2D eigenvalue weighted by Gasteiger charge is -2.36. The molecule has 2 aromatic rings. The molecule has 0 bridgehead atoms. The SMILES string of the molecule is O=Cc1ccc(F)cc1C(=O)N1CCCCC1COc1cccc(O)c1C=O. The number of carbonyl (C=O) groups is 3. The monoisotopic (exact) mass is 385 g/mol. The van der Waals surface area contributed by atoms with Crippen LogP contribution in [0.4, 0.5) is 4.39 Å². The first-order valence-electron chi connectivity index (χ1n) is 9.00. The highest BCUT2D eigenvalue weighted by Gasteiger charge is 2.29.